The van der Waals surface area contributed by atoms with Gasteiger partial charge in [0.2, 0.25) is 0 Å². The minimum absolute atomic E-state index is 0.0335. The van der Waals surface area contributed by atoms with Gasteiger partial charge in [-0.25, -0.2) is 4.98 Å². The van der Waals surface area contributed by atoms with Gasteiger partial charge >= 0.3 is 0 Å². The first-order chi connectivity index (χ1) is 12.8. The fraction of sp³-hybridized carbons (Fsp3) is 0.143. The van der Waals surface area contributed by atoms with Gasteiger partial charge < -0.3 is 0 Å². The Morgan fingerprint density at radius 3 is 2.58 bits per heavy atom. The number of hydrogen-bond acceptors (Lipinski definition) is 4. The predicted octanol–water partition coefficient (Wildman–Crippen LogP) is 4.84. The summed E-state index contributed by atoms with van der Waals surface area (Å²) < 4.78 is 1.81. The Bertz CT molecular complexity index is 1060. The van der Waals surface area contributed by atoms with Crippen LogP contribution in [-0.4, -0.2) is 15.3 Å². The van der Waals surface area contributed by atoms with Crippen LogP contribution in [0, 0.1) is 0 Å². The topological polar surface area (TPSA) is 34.9 Å². The number of aromatic nitrogens is 2. The van der Waals surface area contributed by atoms with Gasteiger partial charge in [0.05, 0.1) is 17.4 Å². The van der Waals surface area contributed by atoms with Crippen LogP contribution in [0.3, 0.4) is 0 Å². The molecule has 5 heteroatoms. The molecule has 0 N–H and O–H groups in total. The van der Waals surface area contributed by atoms with Crippen molar-refractivity contribution in [3.63, 3.8) is 0 Å². The van der Waals surface area contributed by atoms with E-state index in [1.54, 1.807) is 23.1 Å². The van der Waals surface area contributed by atoms with Gasteiger partial charge in [-0.05, 0) is 35.6 Å². The zero-order chi connectivity index (χ0) is 17.8. The molecule has 4 rings (SSSR count). The Hall–Kier alpha value is -2.37. The van der Waals surface area contributed by atoms with E-state index in [-0.39, 0.29) is 5.56 Å². The largest absolute Gasteiger partial charge is 0.282 e. The summed E-state index contributed by atoms with van der Waals surface area (Å²) in [4.78, 5) is 19.0. The molecule has 0 radical (unpaired) electrons. The Morgan fingerprint density at radius 1 is 0.962 bits per heavy atom. The summed E-state index contributed by atoms with van der Waals surface area (Å²) in [7, 11) is 0. The summed E-state index contributed by atoms with van der Waals surface area (Å²) in [6.45, 7) is 0.571. The number of hydrogen-bond donors (Lipinski definition) is 0. The summed E-state index contributed by atoms with van der Waals surface area (Å²) in [5.41, 5.74) is 2.10. The Labute approximate surface area is 160 Å². The van der Waals surface area contributed by atoms with Crippen molar-refractivity contribution < 1.29 is 0 Å². The third kappa shape index (κ3) is 3.74. The third-order valence-electron chi connectivity index (χ3n) is 4.19. The van der Waals surface area contributed by atoms with E-state index >= 15 is 0 Å². The van der Waals surface area contributed by atoms with Gasteiger partial charge in [0.1, 0.15) is 0 Å². The molecule has 0 saturated carbocycles. The molecule has 0 unspecified atom stereocenters. The molecular formula is C21H18N2OS2. The first-order valence-corrected chi connectivity index (χ1v) is 10.4. The van der Waals surface area contributed by atoms with Crippen LogP contribution in [-0.2, 0) is 13.0 Å². The number of thioether (sulfide) groups is 1. The summed E-state index contributed by atoms with van der Waals surface area (Å²) in [6.07, 6.45) is 0.952. The Kier molecular flexibility index (Phi) is 5.18. The number of nitrogens with zero attached hydrogens (tertiary/aromatic N) is 2. The van der Waals surface area contributed by atoms with E-state index < -0.39 is 0 Å². The molecule has 130 valence electrons. The lowest BCUT2D eigenvalue weighted by Crippen LogP contribution is -2.23. The molecule has 0 bridgehead atoms. The Morgan fingerprint density at radius 2 is 1.77 bits per heavy atom. The highest BCUT2D eigenvalue weighted by molar-refractivity contribution is 7.99. The van der Waals surface area contributed by atoms with Gasteiger partial charge in [-0.1, -0.05) is 60.3 Å². The third-order valence-corrected chi connectivity index (χ3v) is 6.02. The van der Waals surface area contributed by atoms with Gasteiger partial charge in [-0.15, -0.1) is 11.3 Å². The second-order valence-electron chi connectivity index (χ2n) is 5.97. The molecule has 0 aliphatic carbocycles. The molecule has 2 aromatic heterocycles. The summed E-state index contributed by atoms with van der Waals surface area (Å²) in [5.74, 6) is 0.888. The average Bonchev–Trinajstić information content (AvgIpc) is 3.19. The standard InChI is InChI=1S/C21H18N2OS2/c24-20-18-10-4-5-11-19(18)22-21(23(20)15-17-9-6-13-25-17)26-14-12-16-7-2-1-3-8-16/h1-11,13H,12,14-15H2. The van der Waals surface area contributed by atoms with Crippen molar-refractivity contribution in [1.82, 2.24) is 9.55 Å². The van der Waals surface area contributed by atoms with Crippen LogP contribution in [0.25, 0.3) is 10.9 Å². The average molecular weight is 379 g/mol. The van der Waals surface area contributed by atoms with Crippen molar-refractivity contribution in [2.24, 2.45) is 0 Å². The predicted molar refractivity (Wildman–Crippen MR) is 110 cm³/mol. The van der Waals surface area contributed by atoms with E-state index in [4.69, 9.17) is 4.98 Å². The lowest BCUT2D eigenvalue weighted by atomic mass is 10.2. The number of para-hydroxylation sites is 1. The molecule has 0 spiro atoms. The second-order valence-corrected chi connectivity index (χ2v) is 8.06. The molecule has 2 aromatic carbocycles. The van der Waals surface area contributed by atoms with Crippen LogP contribution >= 0.6 is 23.1 Å². The zero-order valence-corrected chi connectivity index (χ0v) is 15.8. The summed E-state index contributed by atoms with van der Waals surface area (Å²) in [6, 6.07) is 22.1. The number of benzene rings is 2. The maximum atomic E-state index is 13.0. The van der Waals surface area contributed by atoms with E-state index in [1.165, 1.54) is 5.56 Å². The fourth-order valence-corrected chi connectivity index (χ4v) is 4.54. The van der Waals surface area contributed by atoms with Crippen molar-refractivity contribution in [3.05, 3.63) is 92.9 Å². The molecule has 0 atom stereocenters. The van der Waals surface area contributed by atoms with Crippen LogP contribution in [0.15, 0.2) is 82.1 Å². The molecule has 3 nitrogen and oxygen atoms in total. The summed E-state index contributed by atoms with van der Waals surface area (Å²) >= 11 is 3.31. The molecular weight excluding hydrogens is 360 g/mol. The van der Waals surface area contributed by atoms with Gasteiger partial charge in [-0.2, -0.15) is 0 Å². The molecule has 26 heavy (non-hydrogen) atoms. The van der Waals surface area contributed by atoms with Gasteiger partial charge in [0, 0.05) is 10.6 Å². The van der Waals surface area contributed by atoms with Crippen molar-refractivity contribution in [1.29, 1.82) is 0 Å². The van der Waals surface area contributed by atoms with E-state index in [0.717, 1.165) is 27.7 Å². The van der Waals surface area contributed by atoms with Crippen LogP contribution in [0.1, 0.15) is 10.4 Å². The van der Waals surface area contributed by atoms with Crippen LogP contribution in [0.2, 0.25) is 0 Å². The molecule has 2 heterocycles. The second kappa shape index (κ2) is 7.89. The maximum absolute atomic E-state index is 13.0. The molecule has 0 aliphatic rings. The first kappa shape index (κ1) is 17.1. The van der Waals surface area contributed by atoms with E-state index in [0.29, 0.717) is 11.9 Å². The summed E-state index contributed by atoms with van der Waals surface area (Å²) in [5, 5.41) is 3.51. The number of aryl methyl sites for hydroxylation is 1. The molecule has 0 amide bonds. The minimum atomic E-state index is 0.0335. The van der Waals surface area contributed by atoms with Crippen molar-refractivity contribution in [2.75, 3.05) is 5.75 Å². The van der Waals surface area contributed by atoms with E-state index in [1.807, 2.05) is 46.3 Å². The quantitative estimate of drug-likeness (QED) is 0.356. The van der Waals surface area contributed by atoms with Gasteiger partial charge in [-0.3, -0.25) is 9.36 Å². The van der Waals surface area contributed by atoms with Crippen LogP contribution in [0.4, 0.5) is 0 Å². The van der Waals surface area contributed by atoms with E-state index in [2.05, 4.69) is 30.3 Å². The van der Waals surface area contributed by atoms with Crippen molar-refractivity contribution in [3.8, 4) is 0 Å². The number of thiophene rings is 1. The molecule has 0 aliphatic heterocycles. The molecule has 0 saturated heterocycles. The smallest absolute Gasteiger partial charge is 0.262 e. The Balaban J connectivity index is 1.65. The lowest BCUT2D eigenvalue weighted by molar-refractivity contribution is 0.664. The highest BCUT2D eigenvalue weighted by Gasteiger charge is 2.12. The highest BCUT2D eigenvalue weighted by atomic mass is 32.2. The minimum Gasteiger partial charge on any atom is -0.282 e. The molecule has 0 fully saturated rings. The van der Waals surface area contributed by atoms with Gasteiger partial charge in [0.25, 0.3) is 5.56 Å². The zero-order valence-electron chi connectivity index (χ0n) is 14.2. The van der Waals surface area contributed by atoms with Crippen molar-refractivity contribution in [2.45, 2.75) is 18.1 Å². The van der Waals surface area contributed by atoms with Gasteiger partial charge in [0.15, 0.2) is 5.16 Å². The lowest BCUT2D eigenvalue weighted by Gasteiger charge is -2.12. The maximum Gasteiger partial charge on any atom is 0.262 e. The SMILES string of the molecule is O=c1c2ccccc2nc(SCCc2ccccc2)n1Cc1cccs1. The fourth-order valence-electron chi connectivity index (χ4n) is 2.86. The monoisotopic (exact) mass is 378 g/mol. The number of fused-ring (bicyclic) bond motifs is 1. The van der Waals surface area contributed by atoms with E-state index in [9.17, 15) is 4.79 Å². The molecule has 4 aromatic rings. The highest BCUT2D eigenvalue weighted by Crippen LogP contribution is 2.21. The van der Waals surface area contributed by atoms with Crippen LogP contribution in [0.5, 0.6) is 0 Å². The first-order valence-electron chi connectivity index (χ1n) is 8.50. The number of rotatable bonds is 6. The normalized spacial score (nSPS) is 11.1. The van der Waals surface area contributed by atoms with Crippen molar-refractivity contribution >= 4 is 34.0 Å². The van der Waals surface area contributed by atoms with Crippen LogP contribution < -0.4 is 5.56 Å².